The van der Waals surface area contributed by atoms with E-state index in [2.05, 4.69) is 5.32 Å². The van der Waals surface area contributed by atoms with Crippen molar-refractivity contribution >= 4 is 28.9 Å². The summed E-state index contributed by atoms with van der Waals surface area (Å²) >= 11 is 6.14. The molecule has 126 valence electrons. The van der Waals surface area contributed by atoms with Crippen LogP contribution in [0.25, 0.3) is 0 Å². The minimum Gasteiger partial charge on any atom is -0.545 e. The number of benzene rings is 2. The van der Waals surface area contributed by atoms with Gasteiger partial charge in [-0.15, -0.1) is 0 Å². The van der Waals surface area contributed by atoms with Crippen LogP contribution in [0.5, 0.6) is 0 Å². The highest BCUT2D eigenvalue weighted by atomic mass is 35.5. The Bertz CT molecular complexity index is 730. The predicted molar refractivity (Wildman–Crippen MR) is 92.6 cm³/mol. The van der Waals surface area contributed by atoms with Gasteiger partial charge >= 0.3 is 0 Å². The average molecular weight is 346 g/mol. The maximum atomic E-state index is 11.5. The number of hydrogen-bond acceptors (Lipinski definition) is 5. The van der Waals surface area contributed by atoms with E-state index in [0.717, 1.165) is 5.56 Å². The standard InChI is InChI=1S/C18H19ClN2O3/c19-16-4-2-1-3-13(16)12-20-14-5-6-17(15(11-14)18(22)23)21-7-9-24-10-8-21/h1-6,11,20H,7-10,12H2,(H,22,23)/p-1. The molecular weight excluding hydrogens is 328 g/mol. The molecule has 1 fully saturated rings. The highest BCUT2D eigenvalue weighted by molar-refractivity contribution is 6.31. The van der Waals surface area contributed by atoms with Gasteiger partial charge in [0.05, 0.1) is 19.2 Å². The number of hydrogen-bond donors (Lipinski definition) is 1. The van der Waals surface area contributed by atoms with Gasteiger partial charge in [0.15, 0.2) is 0 Å². The quantitative estimate of drug-likeness (QED) is 0.899. The molecule has 0 amide bonds. The molecule has 0 aliphatic carbocycles. The number of carboxylic acids is 1. The van der Waals surface area contributed by atoms with Gasteiger partial charge in [-0.2, -0.15) is 0 Å². The first-order valence-corrected chi connectivity index (χ1v) is 8.18. The monoisotopic (exact) mass is 345 g/mol. The van der Waals surface area contributed by atoms with E-state index in [4.69, 9.17) is 16.3 Å². The lowest BCUT2D eigenvalue weighted by atomic mass is 10.1. The van der Waals surface area contributed by atoms with Gasteiger partial charge in [0.2, 0.25) is 0 Å². The van der Waals surface area contributed by atoms with Gasteiger partial charge in [0.25, 0.3) is 0 Å². The molecule has 0 aromatic heterocycles. The fourth-order valence-electron chi connectivity index (χ4n) is 2.73. The Labute approximate surface area is 145 Å². The summed E-state index contributed by atoms with van der Waals surface area (Å²) in [5.41, 5.74) is 2.51. The van der Waals surface area contributed by atoms with Crippen molar-refractivity contribution in [3.8, 4) is 0 Å². The number of morpholine rings is 1. The van der Waals surface area contributed by atoms with E-state index in [-0.39, 0.29) is 5.56 Å². The molecule has 0 saturated carbocycles. The molecule has 1 saturated heterocycles. The van der Waals surface area contributed by atoms with Gasteiger partial charge in [-0.05, 0) is 29.8 Å². The summed E-state index contributed by atoms with van der Waals surface area (Å²) in [6.45, 7) is 3.06. The van der Waals surface area contributed by atoms with Crippen molar-refractivity contribution in [2.24, 2.45) is 0 Å². The van der Waals surface area contributed by atoms with Crippen molar-refractivity contribution in [1.29, 1.82) is 0 Å². The van der Waals surface area contributed by atoms with Crippen LogP contribution in [0.15, 0.2) is 42.5 Å². The van der Waals surface area contributed by atoms with Crippen molar-refractivity contribution in [2.75, 3.05) is 36.5 Å². The van der Waals surface area contributed by atoms with Crippen molar-refractivity contribution in [1.82, 2.24) is 0 Å². The first kappa shape index (κ1) is 16.6. The number of rotatable bonds is 5. The zero-order chi connectivity index (χ0) is 16.9. The van der Waals surface area contributed by atoms with Gasteiger partial charge in [0, 0.05) is 41.6 Å². The van der Waals surface area contributed by atoms with Crippen LogP contribution in [-0.2, 0) is 11.3 Å². The number of nitrogens with one attached hydrogen (secondary N) is 1. The van der Waals surface area contributed by atoms with E-state index >= 15 is 0 Å². The second-order valence-corrected chi connectivity index (χ2v) is 5.97. The number of nitrogens with zero attached hydrogens (tertiary/aromatic N) is 1. The number of anilines is 2. The van der Waals surface area contributed by atoms with Gasteiger partial charge < -0.3 is 24.9 Å². The lowest BCUT2D eigenvalue weighted by molar-refractivity contribution is -0.254. The molecule has 0 bridgehead atoms. The summed E-state index contributed by atoms with van der Waals surface area (Å²) in [5, 5.41) is 15.4. The lowest BCUT2D eigenvalue weighted by Gasteiger charge is -2.31. The molecule has 0 unspecified atom stereocenters. The van der Waals surface area contributed by atoms with Crippen LogP contribution in [0.2, 0.25) is 5.02 Å². The molecule has 0 atom stereocenters. The minimum absolute atomic E-state index is 0.182. The number of halogens is 1. The lowest BCUT2D eigenvalue weighted by Crippen LogP contribution is -2.38. The van der Waals surface area contributed by atoms with Crippen molar-refractivity contribution in [3.05, 3.63) is 58.6 Å². The Morgan fingerprint density at radius 1 is 1.21 bits per heavy atom. The molecule has 1 aliphatic rings. The van der Waals surface area contributed by atoms with Crippen LogP contribution in [0.4, 0.5) is 11.4 Å². The third-order valence-electron chi connectivity index (χ3n) is 4.01. The summed E-state index contributed by atoms with van der Waals surface area (Å²) in [6.07, 6.45) is 0. The summed E-state index contributed by atoms with van der Waals surface area (Å²) in [7, 11) is 0. The van der Waals surface area contributed by atoms with E-state index < -0.39 is 5.97 Å². The zero-order valence-electron chi connectivity index (χ0n) is 13.1. The average Bonchev–Trinajstić information content (AvgIpc) is 2.61. The highest BCUT2D eigenvalue weighted by Gasteiger charge is 2.15. The molecule has 5 nitrogen and oxygen atoms in total. The predicted octanol–water partition coefficient (Wildman–Crippen LogP) is 2.15. The molecule has 0 spiro atoms. The minimum atomic E-state index is -1.18. The van der Waals surface area contributed by atoms with E-state index in [1.807, 2.05) is 41.3 Å². The largest absolute Gasteiger partial charge is 0.545 e. The number of ether oxygens (including phenoxy) is 1. The second-order valence-electron chi connectivity index (χ2n) is 5.56. The Balaban J connectivity index is 1.78. The zero-order valence-corrected chi connectivity index (χ0v) is 13.9. The van der Waals surface area contributed by atoms with Crippen LogP contribution < -0.4 is 15.3 Å². The Hall–Kier alpha value is -2.24. The van der Waals surface area contributed by atoms with Crippen molar-refractivity contribution < 1.29 is 14.6 Å². The number of carboxylic acid groups (broad SMARTS) is 1. The van der Waals surface area contributed by atoms with Crippen LogP contribution in [-0.4, -0.2) is 32.3 Å². The molecule has 1 heterocycles. The van der Waals surface area contributed by atoms with Gasteiger partial charge in [-0.3, -0.25) is 0 Å². The molecule has 0 radical (unpaired) electrons. The van der Waals surface area contributed by atoms with Gasteiger partial charge in [-0.25, -0.2) is 0 Å². The first-order chi connectivity index (χ1) is 11.6. The third kappa shape index (κ3) is 3.80. The third-order valence-corrected chi connectivity index (χ3v) is 4.38. The van der Waals surface area contributed by atoms with Gasteiger partial charge in [0.1, 0.15) is 0 Å². The van der Waals surface area contributed by atoms with Crippen molar-refractivity contribution in [2.45, 2.75) is 6.54 Å². The summed E-state index contributed by atoms with van der Waals surface area (Å²) in [6, 6.07) is 12.8. The topological polar surface area (TPSA) is 64.6 Å². The van der Waals surface area contributed by atoms with E-state index in [9.17, 15) is 9.90 Å². The molecule has 2 aromatic rings. The molecule has 2 aromatic carbocycles. The summed E-state index contributed by atoms with van der Waals surface area (Å²) in [4.78, 5) is 13.5. The number of aromatic carboxylic acids is 1. The fourth-order valence-corrected chi connectivity index (χ4v) is 2.93. The summed E-state index contributed by atoms with van der Waals surface area (Å²) < 4.78 is 5.31. The van der Waals surface area contributed by atoms with Gasteiger partial charge in [-0.1, -0.05) is 29.8 Å². The fraction of sp³-hybridized carbons (Fsp3) is 0.278. The smallest absolute Gasteiger partial charge is 0.0736 e. The normalized spacial score (nSPS) is 14.5. The van der Waals surface area contributed by atoms with Crippen LogP contribution in [0.3, 0.4) is 0 Å². The second kappa shape index (κ2) is 7.55. The van der Waals surface area contributed by atoms with E-state index in [0.29, 0.717) is 49.2 Å². The molecule has 24 heavy (non-hydrogen) atoms. The van der Waals surface area contributed by atoms with Crippen LogP contribution in [0.1, 0.15) is 15.9 Å². The maximum absolute atomic E-state index is 11.5. The maximum Gasteiger partial charge on any atom is 0.0736 e. The number of carbonyl (C=O) groups is 1. The number of carbonyl (C=O) groups excluding carboxylic acids is 1. The molecule has 6 heteroatoms. The highest BCUT2D eigenvalue weighted by Crippen LogP contribution is 2.26. The van der Waals surface area contributed by atoms with E-state index in [1.54, 1.807) is 6.07 Å². The Kier molecular flexibility index (Phi) is 5.23. The molecule has 3 rings (SSSR count). The SMILES string of the molecule is O=C([O-])c1cc(NCc2ccccc2Cl)ccc1N1CCOCC1. The Morgan fingerprint density at radius 3 is 2.67 bits per heavy atom. The van der Waals surface area contributed by atoms with Crippen molar-refractivity contribution in [3.63, 3.8) is 0 Å². The van der Waals surface area contributed by atoms with Crippen LogP contribution in [0, 0.1) is 0 Å². The Morgan fingerprint density at radius 2 is 1.96 bits per heavy atom. The van der Waals surface area contributed by atoms with Crippen LogP contribution >= 0.6 is 11.6 Å². The summed E-state index contributed by atoms with van der Waals surface area (Å²) in [5.74, 6) is -1.18. The molecule has 1 aliphatic heterocycles. The van der Waals surface area contributed by atoms with E-state index in [1.165, 1.54) is 0 Å². The molecular formula is C18H18ClN2O3-. The first-order valence-electron chi connectivity index (χ1n) is 7.80. The molecule has 1 N–H and O–H groups in total.